The van der Waals surface area contributed by atoms with E-state index in [1.165, 1.54) is 7.11 Å². The number of nitrogens with one attached hydrogen (secondary N) is 1. The fraction of sp³-hybridized carbons (Fsp3) is 0.500. The maximum Gasteiger partial charge on any atom is 0.331 e. The van der Waals surface area contributed by atoms with Gasteiger partial charge in [0.05, 0.1) is 7.11 Å². The Morgan fingerprint density at radius 1 is 1.33 bits per heavy atom. The van der Waals surface area contributed by atoms with Crippen LogP contribution in [0.15, 0.2) is 24.3 Å². The fourth-order valence-corrected chi connectivity index (χ4v) is 2.80. The van der Waals surface area contributed by atoms with Gasteiger partial charge in [-0.15, -0.1) is 0 Å². The summed E-state index contributed by atoms with van der Waals surface area (Å²) in [7, 11) is 1.36. The van der Waals surface area contributed by atoms with Crippen LogP contribution in [-0.4, -0.2) is 24.5 Å². The molecule has 0 saturated heterocycles. The molecular formula is C16H22N2O3. The van der Waals surface area contributed by atoms with Gasteiger partial charge in [0.25, 0.3) is 5.91 Å². The summed E-state index contributed by atoms with van der Waals surface area (Å²) in [6.45, 7) is 2.15. The second kappa shape index (κ2) is 6.16. The quantitative estimate of drug-likeness (QED) is 0.660. The molecule has 0 aromatic heterocycles. The Balaban J connectivity index is 2.19. The number of carbonyl (C=O) groups excluding carboxylic acids is 2. The average Bonchev–Trinajstić information content (AvgIpc) is 2.49. The van der Waals surface area contributed by atoms with Crippen molar-refractivity contribution >= 4 is 17.6 Å². The number of nitrogen functional groups attached to an aromatic ring is 1. The Morgan fingerprint density at radius 3 is 2.57 bits per heavy atom. The zero-order valence-electron chi connectivity index (χ0n) is 12.5. The number of ether oxygens (including phenoxy) is 1. The molecule has 0 unspecified atom stereocenters. The minimum Gasteiger partial charge on any atom is -0.467 e. The van der Waals surface area contributed by atoms with Crippen molar-refractivity contribution in [2.75, 3.05) is 12.8 Å². The van der Waals surface area contributed by atoms with Crippen molar-refractivity contribution < 1.29 is 14.3 Å². The number of nitrogens with two attached hydrogens (primary N) is 1. The first kappa shape index (κ1) is 15.4. The van der Waals surface area contributed by atoms with Gasteiger partial charge in [0.15, 0.2) is 0 Å². The summed E-state index contributed by atoms with van der Waals surface area (Å²) in [5.74, 6) is -0.0963. The van der Waals surface area contributed by atoms with E-state index in [-0.39, 0.29) is 11.9 Å². The Morgan fingerprint density at radius 2 is 2.00 bits per heavy atom. The molecule has 2 rings (SSSR count). The lowest BCUT2D eigenvalue weighted by Crippen LogP contribution is -2.56. The van der Waals surface area contributed by atoms with Crippen LogP contribution in [0.2, 0.25) is 0 Å². The topological polar surface area (TPSA) is 81.4 Å². The Kier molecular flexibility index (Phi) is 4.50. The monoisotopic (exact) mass is 290 g/mol. The molecule has 0 radical (unpaired) electrons. The number of rotatable bonds is 3. The van der Waals surface area contributed by atoms with Gasteiger partial charge >= 0.3 is 5.97 Å². The first-order chi connectivity index (χ1) is 9.97. The largest absolute Gasteiger partial charge is 0.467 e. The number of esters is 1. The molecule has 1 fully saturated rings. The lowest BCUT2D eigenvalue weighted by Gasteiger charge is -2.37. The molecule has 1 saturated carbocycles. The van der Waals surface area contributed by atoms with Crippen LogP contribution in [0.5, 0.6) is 0 Å². The van der Waals surface area contributed by atoms with Crippen LogP contribution in [0.4, 0.5) is 5.69 Å². The maximum atomic E-state index is 12.4. The first-order valence-corrected chi connectivity index (χ1v) is 7.23. The third-order valence-electron chi connectivity index (χ3n) is 4.21. The molecule has 0 spiro atoms. The van der Waals surface area contributed by atoms with E-state index in [1.54, 1.807) is 24.3 Å². The molecule has 1 amide bonds. The van der Waals surface area contributed by atoms with Crippen molar-refractivity contribution in [2.45, 2.75) is 38.1 Å². The number of methoxy groups -OCH3 is 1. The summed E-state index contributed by atoms with van der Waals surface area (Å²) in [6.07, 6.45) is 3.00. The standard InChI is InChI=1S/C16H22N2O3/c1-11-6-8-16(9-7-11,15(20)21-2)18-14(19)12-4-3-5-13(17)10-12/h3-5,10-11H,6-9,17H2,1-2H3,(H,18,19). The van der Waals surface area contributed by atoms with Crippen LogP contribution in [0.1, 0.15) is 43.0 Å². The Bertz CT molecular complexity index is 534. The molecule has 5 heteroatoms. The summed E-state index contributed by atoms with van der Waals surface area (Å²) in [5.41, 5.74) is 5.76. The molecule has 0 heterocycles. The highest BCUT2D eigenvalue weighted by Gasteiger charge is 2.43. The van der Waals surface area contributed by atoms with Crippen LogP contribution in [0.3, 0.4) is 0 Å². The lowest BCUT2D eigenvalue weighted by molar-refractivity contribution is -0.150. The predicted octanol–water partition coefficient (Wildman–Crippen LogP) is 2.12. The van der Waals surface area contributed by atoms with E-state index in [0.29, 0.717) is 30.0 Å². The van der Waals surface area contributed by atoms with Crippen molar-refractivity contribution in [1.82, 2.24) is 5.32 Å². The highest BCUT2D eigenvalue weighted by Crippen LogP contribution is 2.33. The molecule has 114 valence electrons. The number of hydrogen-bond donors (Lipinski definition) is 2. The van der Waals surface area contributed by atoms with E-state index in [4.69, 9.17) is 10.5 Å². The number of amides is 1. The molecule has 1 aliphatic rings. The Hall–Kier alpha value is -2.04. The summed E-state index contributed by atoms with van der Waals surface area (Å²) < 4.78 is 4.91. The third kappa shape index (κ3) is 3.35. The van der Waals surface area contributed by atoms with Crippen molar-refractivity contribution in [3.8, 4) is 0 Å². The second-order valence-corrected chi connectivity index (χ2v) is 5.84. The molecule has 21 heavy (non-hydrogen) atoms. The van der Waals surface area contributed by atoms with Gasteiger partial charge in [0.2, 0.25) is 0 Å². The normalized spacial score (nSPS) is 25.1. The third-order valence-corrected chi connectivity index (χ3v) is 4.21. The second-order valence-electron chi connectivity index (χ2n) is 5.84. The van der Waals surface area contributed by atoms with Crippen LogP contribution in [0.25, 0.3) is 0 Å². The van der Waals surface area contributed by atoms with Gasteiger partial charge in [0.1, 0.15) is 5.54 Å². The SMILES string of the molecule is COC(=O)C1(NC(=O)c2cccc(N)c2)CCC(C)CC1. The van der Waals surface area contributed by atoms with Crippen LogP contribution in [0, 0.1) is 5.92 Å². The molecule has 1 aromatic rings. The zero-order chi connectivity index (χ0) is 15.5. The molecule has 5 nitrogen and oxygen atoms in total. The van der Waals surface area contributed by atoms with Crippen molar-refractivity contribution in [3.05, 3.63) is 29.8 Å². The molecule has 3 N–H and O–H groups in total. The number of carbonyl (C=O) groups is 2. The average molecular weight is 290 g/mol. The van der Waals surface area contributed by atoms with Crippen LogP contribution < -0.4 is 11.1 Å². The molecule has 1 aromatic carbocycles. The summed E-state index contributed by atoms with van der Waals surface area (Å²) in [4.78, 5) is 24.6. The maximum absolute atomic E-state index is 12.4. The van der Waals surface area contributed by atoms with Crippen molar-refractivity contribution in [1.29, 1.82) is 0 Å². The highest BCUT2D eigenvalue weighted by molar-refractivity contribution is 5.98. The van der Waals surface area contributed by atoms with E-state index in [1.807, 2.05) is 0 Å². The molecule has 0 aliphatic heterocycles. The first-order valence-electron chi connectivity index (χ1n) is 7.23. The van der Waals surface area contributed by atoms with Gasteiger partial charge in [-0.25, -0.2) is 4.79 Å². The van der Waals surface area contributed by atoms with E-state index < -0.39 is 5.54 Å². The van der Waals surface area contributed by atoms with Gasteiger partial charge < -0.3 is 15.8 Å². The summed E-state index contributed by atoms with van der Waals surface area (Å²) in [6, 6.07) is 6.72. The highest BCUT2D eigenvalue weighted by atomic mass is 16.5. The predicted molar refractivity (Wildman–Crippen MR) is 80.7 cm³/mol. The zero-order valence-corrected chi connectivity index (χ0v) is 12.5. The molecule has 0 bridgehead atoms. The lowest BCUT2D eigenvalue weighted by atomic mass is 9.77. The van der Waals surface area contributed by atoms with Gasteiger partial charge in [-0.05, 0) is 49.8 Å². The number of hydrogen-bond acceptors (Lipinski definition) is 4. The van der Waals surface area contributed by atoms with E-state index in [0.717, 1.165) is 12.8 Å². The number of benzene rings is 1. The molecular weight excluding hydrogens is 268 g/mol. The number of anilines is 1. The van der Waals surface area contributed by atoms with Gasteiger partial charge in [-0.3, -0.25) is 4.79 Å². The van der Waals surface area contributed by atoms with Crippen molar-refractivity contribution in [2.24, 2.45) is 5.92 Å². The molecule has 0 atom stereocenters. The Labute approximate surface area is 124 Å². The van der Waals surface area contributed by atoms with Crippen molar-refractivity contribution in [3.63, 3.8) is 0 Å². The minimum atomic E-state index is -0.914. The van der Waals surface area contributed by atoms with Gasteiger partial charge in [-0.1, -0.05) is 13.0 Å². The fourth-order valence-electron chi connectivity index (χ4n) is 2.80. The smallest absolute Gasteiger partial charge is 0.331 e. The van der Waals surface area contributed by atoms with Crippen LogP contribution in [-0.2, 0) is 9.53 Å². The molecule has 1 aliphatic carbocycles. The summed E-state index contributed by atoms with van der Waals surface area (Å²) in [5, 5.41) is 2.88. The summed E-state index contributed by atoms with van der Waals surface area (Å²) >= 11 is 0. The van der Waals surface area contributed by atoms with E-state index in [2.05, 4.69) is 12.2 Å². The minimum absolute atomic E-state index is 0.290. The van der Waals surface area contributed by atoms with E-state index in [9.17, 15) is 9.59 Å². The van der Waals surface area contributed by atoms with Crippen LogP contribution >= 0.6 is 0 Å². The van der Waals surface area contributed by atoms with Gasteiger partial charge in [-0.2, -0.15) is 0 Å². The van der Waals surface area contributed by atoms with Gasteiger partial charge in [0, 0.05) is 11.3 Å². The van der Waals surface area contributed by atoms with E-state index >= 15 is 0 Å².